The molecule has 10 heteroatoms. The number of rotatable bonds is 5. The minimum Gasteiger partial charge on any atom is -0.484 e. The molecule has 29 heavy (non-hydrogen) atoms. The number of carbonyl (C=O) groups excluding carboxylic acids is 1. The van der Waals surface area contributed by atoms with Gasteiger partial charge in [-0.2, -0.15) is 4.31 Å². The van der Waals surface area contributed by atoms with Crippen molar-refractivity contribution < 1.29 is 26.7 Å². The van der Waals surface area contributed by atoms with Crippen LogP contribution >= 0.6 is 11.6 Å². The average molecular weight is 445 g/mol. The molecule has 1 saturated heterocycles. The van der Waals surface area contributed by atoms with E-state index in [2.05, 4.69) is 0 Å². The van der Waals surface area contributed by atoms with Gasteiger partial charge in [0.05, 0.1) is 0 Å². The summed E-state index contributed by atoms with van der Waals surface area (Å²) in [6.07, 6.45) is 0. The number of sulfonamides is 1. The monoisotopic (exact) mass is 444 g/mol. The van der Waals surface area contributed by atoms with E-state index in [0.717, 1.165) is 28.1 Å². The molecule has 3 rings (SSSR count). The highest BCUT2D eigenvalue weighted by Gasteiger charge is 2.34. The Morgan fingerprint density at radius 2 is 1.72 bits per heavy atom. The first kappa shape index (κ1) is 21.5. The van der Waals surface area contributed by atoms with Crippen LogP contribution in [0.2, 0.25) is 5.02 Å². The zero-order valence-electron chi connectivity index (χ0n) is 15.6. The SMILES string of the molecule is Cc1cc(OCC(=O)N2CCN(S(=O)(=O)c3c(F)cccc3F)CC2)ccc1Cl. The van der Waals surface area contributed by atoms with Crippen LogP contribution < -0.4 is 4.74 Å². The van der Waals surface area contributed by atoms with Crippen LogP contribution in [0.4, 0.5) is 8.78 Å². The molecule has 0 aromatic heterocycles. The van der Waals surface area contributed by atoms with Crippen LogP contribution in [0.5, 0.6) is 5.75 Å². The molecule has 0 radical (unpaired) electrons. The lowest BCUT2D eigenvalue weighted by Gasteiger charge is -2.34. The number of ether oxygens (including phenoxy) is 1. The van der Waals surface area contributed by atoms with E-state index in [1.807, 2.05) is 6.92 Å². The van der Waals surface area contributed by atoms with Crippen LogP contribution in [0.1, 0.15) is 5.56 Å². The van der Waals surface area contributed by atoms with Crippen LogP contribution in [-0.4, -0.2) is 56.3 Å². The fourth-order valence-electron chi connectivity index (χ4n) is 2.98. The Morgan fingerprint density at radius 3 is 2.31 bits per heavy atom. The first-order valence-corrected chi connectivity index (χ1v) is 10.6. The largest absolute Gasteiger partial charge is 0.484 e. The topological polar surface area (TPSA) is 66.9 Å². The predicted octanol–water partition coefficient (Wildman–Crippen LogP) is 2.84. The van der Waals surface area contributed by atoms with Gasteiger partial charge in [0.2, 0.25) is 10.0 Å². The second-order valence-electron chi connectivity index (χ2n) is 6.54. The standard InChI is InChI=1S/C19H19ClF2N2O4S/c1-13-11-14(5-6-15(13)20)28-12-18(25)23-7-9-24(10-8-23)29(26,27)19-16(21)3-2-4-17(19)22/h2-6,11H,7-10,12H2,1H3. The maximum absolute atomic E-state index is 13.9. The number of halogens is 3. The minimum absolute atomic E-state index is 0.0676. The fraction of sp³-hybridized carbons (Fsp3) is 0.316. The van der Waals surface area contributed by atoms with Gasteiger partial charge in [-0.15, -0.1) is 0 Å². The second-order valence-corrected chi connectivity index (χ2v) is 8.82. The number of piperazine rings is 1. The number of hydrogen-bond acceptors (Lipinski definition) is 4. The van der Waals surface area contributed by atoms with E-state index in [1.165, 1.54) is 4.90 Å². The molecule has 0 spiro atoms. The van der Waals surface area contributed by atoms with Gasteiger partial charge >= 0.3 is 0 Å². The lowest BCUT2D eigenvalue weighted by Crippen LogP contribution is -2.51. The molecule has 0 atom stereocenters. The maximum atomic E-state index is 13.9. The van der Waals surface area contributed by atoms with Gasteiger partial charge in [-0.05, 0) is 42.8 Å². The van der Waals surface area contributed by atoms with E-state index in [9.17, 15) is 22.0 Å². The van der Waals surface area contributed by atoms with Crippen molar-refractivity contribution in [2.75, 3.05) is 32.8 Å². The van der Waals surface area contributed by atoms with Crippen LogP contribution in [0.25, 0.3) is 0 Å². The molecule has 156 valence electrons. The highest BCUT2D eigenvalue weighted by molar-refractivity contribution is 7.89. The van der Waals surface area contributed by atoms with Gasteiger partial charge in [0.1, 0.15) is 17.4 Å². The van der Waals surface area contributed by atoms with Crippen LogP contribution in [-0.2, 0) is 14.8 Å². The molecule has 0 bridgehead atoms. The lowest BCUT2D eigenvalue weighted by atomic mass is 10.2. The summed E-state index contributed by atoms with van der Waals surface area (Å²) in [6.45, 7) is 1.66. The quantitative estimate of drug-likeness (QED) is 0.711. The third kappa shape index (κ3) is 4.68. The zero-order chi connectivity index (χ0) is 21.2. The van der Waals surface area contributed by atoms with Gasteiger partial charge < -0.3 is 9.64 Å². The Morgan fingerprint density at radius 1 is 1.10 bits per heavy atom. The van der Waals surface area contributed by atoms with Gasteiger partial charge in [0.25, 0.3) is 5.91 Å². The maximum Gasteiger partial charge on any atom is 0.260 e. The van der Waals surface area contributed by atoms with Crippen LogP contribution in [0.15, 0.2) is 41.3 Å². The highest BCUT2D eigenvalue weighted by Crippen LogP contribution is 2.24. The summed E-state index contributed by atoms with van der Waals surface area (Å²) in [5, 5.41) is 0.590. The predicted molar refractivity (Wildman–Crippen MR) is 103 cm³/mol. The summed E-state index contributed by atoms with van der Waals surface area (Å²) in [5.41, 5.74) is 0.816. The molecule has 2 aromatic carbocycles. The molecular weight excluding hydrogens is 426 g/mol. The van der Waals surface area contributed by atoms with E-state index in [1.54, 1.807) is 18.2 Å². The third-order valence-electron chi connectivity index (χ3n) is 4.60. The number of benzene rings is 2. The summed E-state index contributed by atoms with van der Waals surface area (Å²) in [6, 6.07) is 7.92. The number of aryl methyl sites for hydroxylation is 1. The summed E-state index contributed by atoms with van der Waals surface area (Å²) in [5.74, 6) is -2.10. The molecule has 2 aromatic rings. The van der Waals surface area contributed by atoms with Crippen molar-refractivity contribution in [3.05, 3.63) is 58.6 Å². The first-order valence-electron chi connectivity index (χ1n) is 8.81. The van der Waals surface area contributed by atoms with Crippen LogP contribution in [0, 0.1) is 18.6 Å². The summed E-state index contributed by atoms with van der Waals surface area (Å²) in [7, 11) is -4.34. The van der Waals surface area contributed by atoms with E-state index < -0.39 is 26.6 Å². The van der Waals surface area contributed by atoms with Gasteiger partial charge in [-0.3, -0.25) is 4.79 Å². The Labute approximate surface area is 172 Å². The molecule has 1 aliphatic rings. The molecule has 6 nitrogen and oxygen atoms in total. The van der Waals surface area contributed by atoms with E-state index in [0.29, 0.717) is 10.8 Å². The summed E-state index contributed by atoms with van der Waals surface area (Å²) in [4.78, 5) is 12.8. The number of carbonyl (C=O) groups is 1. The summed E-state index contributed by atoms with van der Waals surface area (Å²) >= 11 is 5.95. The Kier molecular flexibility index (Phi) is 6.40. The molecule has 1 fully saturated rings. The minimum atomic E-state index is -4.34. The summed E-state index contributed by atoms with van der Waals surface area (Å²) < 4.78 is 59.4. The third-order valence-corrected chi connectivity index (χ3v) is 6.97. The molecule has 0 aliphatic carbocycles. The number of amides is 1. The molecule has 0 N–H and O–H groups in total. The van der Waals surface area contributed by atoms with Crippen molar-refractivity contribution in [1.82, 2.24) is 9.21 Å². The Bertz CT molecular complexity index is 1000. The van der Waals surface area contributed by atoms with Gasteiger partial charge in [-0.25, -0.2) is 17.2 Å². The van der Waals surface area contributed by atoms with Crippen molar-refractivity contribution >= 4 is 27.5 Å². The van der Waals surface area contributed by atoms with E-state index in [4.69, 9.17) is 16.3 Å². The van der Waals surface area contributed by atoms with Crippen molar-refractivity contribution in [1.29, 1.82) is 0 Å². The number of hydrogen-bond donors (Lipinski definition) is 0. The molecule has 1 heterocycles. The second kappa shape index (κ2) is 8.64. The van der Waals surface area contributed by atoms with Gasteiger partial charge in [-0.1, -0.05) is 17.7 Å². The van der Waals surface area contributed by atoms with Crippen molar-refractivity contribution in [2.45, 2.75) is 11.8 Å². The van der Waals surface area contributed by atoms with Crippen LogP contribution in [0.3, 0.4) is 0 Å². The Hall–Kier alpha value is -2.23. The smallest absolute Gasteiger partial charge is 0.260 e. The van der Waals surface area contributed by atoms with Crippen molar-refractivity contribution in [3.8, 4) is 5.75 Å². The van der Waals surface area contributed by atoms with E-state index in [-0.39, 0.29) is 38.7 Å². The van der Waals surface area contributed by atoms with E-state index >= 15 is 0 Å². The Balaban J connectivity index is 1.59. The van der Waals surface area contributed by atoms with Gasteiger partial charge in [0, 0.05) is 31.2 Å². The van der Waals surface area contributed by atoms with Crippen molar-refractivity contribution in [3.63, 3.8) is 0 Å². The lowest BCUT2D eigenvalue weighted by molar-refractivity contribution is -0.134. The average Bonchev–Trinajstić information content (AvgIpc) is 2.68. The highest BCUT2D eigenvalue weighted by atomic mass is 35.5. The molecule has 1 amide bonds. The zero-order valence-corrected chi connectivity index (χ0v) is 17.1. The first-order chi connectivity index (χ1) is 13.7. The fourth-order valence-corrected chi connectivity index (χ4v) is 4.63. The van der Waals surface area contributed by atoms with Gasteiger partial charge in [0.15, 0.2) is 11.5 Å². The number of nitrogens with zero attached hydrogens (tertiary/aromatic N) is 2. The normalized spacial score (nSPS) is 15.4. The molecular formula is C19H19ClF2N2O4S. The molecule has 1 aliphatic heterocycles. The molecule has 0 unspecified atom stereocenters. The van der Waals surface area contributed by atoms with Crippen molar-refractivity contribution in [2.24, 2.45) is 0 Å². The molecule has 0 saturated carbocycles.